The van der Waals surface area contributed by atoms with Crippen LogP contribution in [0.15, 0.2) is 0 Å². The van der Waals surface area contributed by atoms with Gasteiger partial charge in [0.05, 0.1) is 0 Å². The normalized spacial score (nSPS) is 28.8. The Kier molecular flexibility index (Phi) is 7.69. The van der Waals surface area contributed by atoms with Gasteiger partial charge in [0.2, 0.25) is 5.91 Å². The molecule has 0 radical (unpaired) electrons. The summed E-state index contributed by atoms with van der Waals surface area (Å²) in [7, 11) is 0. The molecule has 0 bridgehead atoms. The van der Waals surface area contributed by atoms with Gasteiger partial charge in [0, 0.05) is 38.1 Å². The monoisotopic (exact) mass is 389 g/mol. The van der Waals surface area contributed by atoms with Gasteiger partial charge in [-0.2, -0.15) is 0 Å². The van der Waals surface area contributed by atoms with Crippen LogP contribution in [0.4, 0.5) is 0 Å². The smallest absolute Gasteiger partial charge is 0.225 e. The summed E-state index contributed by atoms with van der Waals surface area (Å²) in [6.45, 7) is 8.10. The van der Waals surface area contributed by atoms with Crippen LogP contribution < -0.4 is 0 Å². The van der Waals surface area contributed by atoms with Gasteiger partial charge in [0.1, 0.15) is 0 Å². The van der Waals surface area contributed by atoms with Gasteiger partial charge in [0.15, 0.2) is 0 Å². The van der Waals surface area contributed by atoms with Gasteiger partial charge in [-0.05, 0) is 76.9 Å². The van der Waals surface area contributed by atoms with Gasteiger partial charge in [-0.15, -0.1) is 0 Å². The van der Waals surface area contributed by atoms with Crippen LogP contribution in [0.1, 0.15) is 83.5 Å². The first kappa shape index (κ1) is 20.7. The predicted octanol–water partition coefficient (Wildman–Crippen LogP) is 4.15. The van der Waals surface area contributed by atoms with E-state index in [1.165, 1.54) is 96.8 Å². The van der Waals surface area contributed by atoms with Gasteiger partial charge >= 0.3 is 0 Å². The lowest BCUT2D eigenvalue weighted by Gasteiger charge is -2.39. The average Bonchev–Trinajstić information content (AvgIpc) is 3.46. The minimum Gasteiger partial charge on any atom is -0.341 e. The summed E-state index contributed by atoms with van der Waals surface area (Å²) < 4.78 is 0. The van der Waals surface area contributed by atoms with Crippen LogP contribution >= 0.6 is 0 Å². The van der Waals surface area contributed by atoms with Gasteiger partial charge < -0.3 is 14.7 Å². The topological polar surface area (TPSA) is 26.8 Å². The SMILES string of the molecule is O=C(C1CCCC1)N(CCN1CCCCC1)CC1CCCN(C2CCCC2)C1. The molecule has 0 aromatic heterocycles. The van der Waals surface area contributed by atoms with Gasteiger partial charge in [0.25, 0.3) is 0 Å². The van der Waals surface area contributed by atoms with Crippen molar-refractivity contribution in [1.29, 1.82) is 0 Å². The summed E-state index contributed by atoms with van der Waals surface area (Å²) in [5.74, 6) is 1.52. The zero-order valence-electron chi connectivity index (χ0n) is 18.1. The van der Waals surface area contributed by atoms with Crippen molar-refractivity contribution in [3.63, 3.8) is 0 Å². The number of likely N-dealkylation sites (tertiary alicyclic amines) is 2. The molecule has 0 spiro atoms. The third kappa shape index (κ3) is 5.50. The summed E-state index contributed by atoms with van der Waals surface area (Å²) in [6.07, 6.45) is 17.2. The molecule has 4 nitrogen and oxygen atoms in total. The molecule has 4 rings (SSSR count). The number of carbonyl (C=O) groups is 1. The maximum atomic E-state index is 13.3. The number of carbonyl (C=O) groups excluding carboxylic acids is 1. The van der Waals surface area contributed by atoms with Gasteiger partial charge in [-0.1, -0.05) is 32.1 Å². The maximum absolute atomic E-state index is 13.3. The second-order valence-corrected chi connectivity index (χ2v) is 10.1. The van der Waals surface area contributed by atoms with Crippen LogP contribution in [0.25, 0.3) is 0 Å². The number of nitrogens with zero attached hydrogens (tertiary/aromatic N) is 3. The lowest BCUT2D eigenvalue weighted by atomic mass is 9.95. The molecule has 0 N–H and O–H groups in total. The molecule has 2 saturated carbocycles. The van der Waals surface area contributed by atoms with E-state index in [0.717, 1.165) is 38.5 Å². The van der Waals surface area contributed by atoms with Crippen molar-refractivity contribution in [3.05, 3.63) is 0 Å². The third-order valence-corrected chi connectivity index (χ3v) is 8.02. The van der Waals surface area contributed by atoms with Crippen molar-refractivity contribution in [3.8, 4) is 0 Å². The van der Waals surface area contributed by atoms with E-state index >= 15 is 0 Å². The molecule has 2 heterocycles. The quantitative estimate of drug-likeness (QED) is 0.654. The molecule has 4 fully saturated rings. The molecule has 4 heteroatoms. The highest BCUT2D eigenvalue weighted by Crippen LogP contribution is 2.30. The summed E-state index contributed by atoms with van der Waals surface area (Å²) >= 11 is 0. The minimum atomic E-state index is 0.330. The third-order valence-electron chi connectivity index (χ3n) is 8.02. The Morgan fingerprint density at radius 3 is 2.25 bits per heavy atom. The molecule has 2 saturated heterocycles. The largest absolute Gasteiger partial charge is 0.341 e. The number of hydrogen-bond donors (Lipinski definition) is 0. The highest BCUT2D eigenvalue weighted by atomic mass is 16.2. The molecular formula is C24H43N3O. The van der Waals surface area contributed by atoms with Crippen molar-refractivity contribution < 1.29 is 4.79 Å². The predicted molar refractivity (Wildman–Crippen MR) is 115 cm³/mol. The summed E-state index contributed by atoms with van der Waals surface area (Å²) in [6, 6.07) is 0.843. The molecule has 2 aliphatic heterocycles. The Morgan fingerprint density at radius 2 is 1.50 bits per heavy atom. The van der Waals surface area contributed by atoms with Crippen molar-refractivity contribution >= 4 is 5.91 Å². The van der Waals surface area contributed by atoms with E-state index in [-0.39, 0.29) is 0 Å². The number of hydrogen-bond acceptors (Lipinski definition) is 3. The van der Waals surface area contributed by atoms with E-state index in [1.54, 1.807) is 0 Å². The van der Waals surface area contributed by atoms with E-state index in [4.69, 9.17) is 0 Å². The van der Waals surface area contributed by atoms with Crippen molar-refractivity contribution in [1.82, 2.24) is 14.7 Å². The first-order valence-corrected chi connectivity index (χ1v) is 12.5. The fourth-order valence-electron chi connectivity index (χ4n) is 6.33. The van der Waals surface area contributed by atoms with E-state index in [0.29, 0.717) is 17.7 Å². The van der Waals surface area contributed by atoms with Crippen LogP contribution in [0, 0.1) is 11.8 Å². The molecule has 4 aliphatic rings. The summed E-state index contributed by atoms with van der Waals surface area (Å²) in [4.78, 5) is 21.0. The number of piperidine rings is 2. The minimum absolute atomic E-state index is 0.330. The van der Waals surface area contributed by atoms with E-state index in [2.05, 4.69) is 14.7 Å². The standard InChI is InChI=1S/C24H43N3O/c28-24(22-10-2-3-11-22)27(18-17-25-14-6-1-7-15-25)20-21-9-8-16-26(19-21)23-12-4-5-13-23/h21-23H,1-20H2. The number of rotatable bonds is 7. The molecule has 1 atom stereocenters. The second kappa shape index (κ2) is 10.4. The van der Waals surface area contributed by atoms with Crippen molar-refractivity contribution in [2.75, 3.05) is 45.8 Å². The number of amides is 1. The molecule has 28 heavy (non-hydrogen) atoms. The first-order valence-electron chi connectivity index (χ1n) is 12.5. The van der Waals surface area contributed by atoms with Crippen LogP contribution in [-0.4, -0.2) is 72.5 Å². The van der Waals surface area contributed by atoms with Crippen molar-refractivity contribution in [2.24, 2.45) is 11.8 Å². The molecule has 2 aliphatic carbocycles. The van der Waals surface area contributed by atoms with E-state index < -0.39 is 0 Å². The molecule has 0 aromatic rings. The maximum Gasteiger partial charge on any atom is 0.225 e. The molecular weight excluding hydrogens is 346 g/mol. The lowest BCUT2D eigenvalue weighted by Crippen LogP contribution is -2.48. The fourth-order valence-corrected chi connectivity index (χ4v) is 6.33. The molecule has 1 amide bonds. The molecule has 0 aromatic carbocycles. The van der Waals surface area contributed by atoms with Gasteiger partial charge in [-0.25, -0.2) is 0 Å². The summed E-state index contributed by atoms with van der Waals surface area (Å²) in [5, 5.41) is 0. The van der Waals surface area contributed by atoms with Crippen LogP contribution in [-0.2, 0) is 4.79 Å². The average molecular weight is 390 g/mol. The highest BCUT2D eigenvalue weighted by molar-refractivity contribution is 5.79. The zero-order chi connectivity index (χ0) is 19.2. The van der Waals surface area contributed by atoms with Crippen LogP contribution in [0.2, 0.25) is 0 Å². The Morgan fingerprint density at radius 1 is 0.786 bits per heavy atom. The Balaban J connectivity index is 1.33. The Labute approximate surface area is 173 Å². The highest BCUT2D eigenvalue weighted by Gasteiger charge is 2.32. The zero-order valence-corrected chi connectivity index (χ0v) is 18.1. The van der Waals surface area contributed by atoms with Crippen molar-refractivity contribution in [2.45, 2.75) is 89.5 Å². The second-order valence-electron chi connectivity index (χ2n) is 10.1. The Hall–Kier alpha value is -0.610. The van der Waals surface area contributed by atoms with Gasteiger partial charge in [-0.3, -0.25) is 4.79 Å². The lowest BCUT2D eigenvalue weighted by molar-refractivity contribution is -0.136. The Bertz CT molecular complexity index is 478. The van der Waals surface area contributed by atoms with Crippen LogP contribution in [0.3, 0.4) is 0 Å². The summed E-state index contributed by atoms with van der Waals surface area (Å²) in [5.41, 5.74) is 0. The molecule has 1 unspecified atom stereocenters. The van der Waals surface area contributed by atoms with Crippen LogP contribution in [0.5, 0.6) is 0 Å². The van der Waals surface area contributed by atoms with E-state index in [9.17, 15) is 4.79 Å². The first-order chi connectivity index (χ1) is 13.8. The fraction of sp³-hybridized carbons (Fsp3) is 0.958. The molecule has 160 valence electrons. The van der Waals surface area contributed by atoms with E-state index in [1.807, 2.05) is 0 Å².